The van der Waals surface area contributed by atoms with Gasteiger partial charge in [-0.3, -0.25) is 9.89 Å². The average Bonchev–Trinajstić information content (AvgIpc) is 3.26. The monoisotopic (exact) mass is 495 g/mol. The quantitative estimate of drug-likeness (QED) is 0.283. The van der Waals surface area contributed by atoms with Crippen LogP contribution in [-0.4, -0.2) is 38.5 Å². The van der Waals surface area contributed by atoms with Gasteiger partial charge in [-0.2, -0.15) is 31.4 Å². The van der Waals surface area contributed by atoms with Crippen molar-refractivity contribution in [2.75, 3.05) is 10.6 Å². The third-order valence-electron chi connectivity index (χ3n) is 5.14. The van der Waals surface area contributed by atoms with Gasteiger partial charge in [0.2, 0.25) is 0 Å². The number of halogens is 6. The van der Waals surface area contributed by atoms with Crippen LogP contribution in [0.25, 0.3) is 10.9 Å². The summed E-state index contributed by atoms with van der Waals surface area (Å²) in [5.41, 5.74) is -5.22. The second kappa shape index (κ2) is 8.58. The summed E-state index contributed by atoms with van der Waals surface area (Å²) < 4.78 is 78.3. The molecular formula is C22H15F6N5O2. The summed E-state index contributed by atoms with van der Waals surface area (Å²) in [6.07, 6.45) is -8.96. The van der Waals surface area contributed by atoms with E-state index in [9.17, 15) is 36.2 Å². The number of aliphatic hydroxyl groups is 1. The van der Waals surface area contributed by atoms with Crippen LogP contribution in [0.1, 0.15) is 15.9 Å². The van der Waals surface area contributed by atoms with Crippen LogP contribution in [0.3, 0.4) is 0 Å². The fraction of sp³-hybridized carbons (Fsp3) is 0.136. The van der Waals surface area contributed by atoms with Gasteiger partial charge in [0.1, 0.15) is 5.82 Å². The van der Waals surface area contributed by atoms with E-state index in [2.05, 4.69) is 25.8 Å². The van der Waals surface area contributed by atoms with Crippen molar-refractivity contribution in [3.05, 3.63) is 78.1 Å². The first-order valence-corrected chi connectivity index (χ1v) is 9.83. The molecule has 182 valence electrons. The Morgan fingerprint density at radius 3 is 2.23 bits per heavy atom. The number of benzene rings is 2. The van der Waals surface area contributed by atoms with Crippen molar-refractivity contribution < 1.29 is 36.2 Å². The summed E-state index contributed by atoms with van der Waals surface area (Å²) >= 11 is 0. The van der Waals surface area contributed by atoms with Crippen LogP contribution in [0, 0.1) is 0 Å². The van der Waals surface area contributed by atoms with Crippen LogP contribution < -0.4 is 10.6 Å². The minimum Gasteiger partial charge on any atom is -0.369 e. The van der Waals surface area contributed by atoms with Gasteiger partial charge in [-0.05, 0) is 42.5 Å². The lowest BCUT2D eigenvalue weighted by Crippen LogP contribution is -2.53. The molecule has 0 saturated carbocycles. The van der Waals surface area contributed by atoms with Crippen LogP contribution in [0.5, 0.6) is 0 Å². The molecule has 13 heteroatoms. The standard InChI is InChI=1S/C22H15F6N5O2/c23-21(24,25)20(35,22(26,27)28)13-4-7-14(8-5-13)32-19(34)16-2-1-9-29-18(16)31-15-6-3-12-11-30-33-17(12)10-15/h1-11,35H,(H,29,31)(H,30,33)(H,32,34). The number of carbonyl (C=O) groups excluding carboxylic acids is 1. The third-order valence-corrected chi connectivity index (χ3v) is 5.14. The maximum absolute atomic E-state index is 13.1. The lowest BCUT2D eigenvalue weighted by molar-refractivity contribution is -0.376. The summed E-state index contributed by atoms with van der Waals surface area (Å²) in [5.74, 6) is -0.568. The number of aromatic nitrogens is 3. The molecule has 0 unspecified atom stereocenters. The lowest BCUT2D eigenvalue weighted by atomic mass is 9.92. The molecule has 4 rings (SSSR count). The molecule has 0 aliphatic carbocycles. The van der Waals surface area contributed by atoms with Crippen molar-refractivity contribution in [3.8, 4) is 0 Å². The fourth-order valence-electron chi connectivity index (χ4n) is 3.32. The zero-order valence-electron chi connectivity index (χ0n) is 17.4. The first kappa shape index (κ1) is 24.0. The van der Waals surface area contributed by atoms with E-state index in [0.29, 0.717) is 17.8 Å². The number of pyridine rings is 1. The highest BCUT2D eigenvalue weighted by Gasteiger charge is 2.71. The van der Waals surface area contributed by atoms with Crippen molar-refractivity contribution in [1.82, 2.24) is 15.2 Å². The van der Waals surface area contributed by atoms with E-state index < -0.39 is 29.4 Å². The Hall–Kier alpha value is -4.13. The van der Waals surface area contributed by atoms with Gasteiger partial charge < -0.3 is 15.7 Å². The number of nitrogens with one attached hydrogen (secondary N) is 3. The number of rotatable bonds is 5. The van der Waals surface area contributed by atoms with E-state index in [1.807, 2.05) is 0 Å². The first-order chi connectivity index (χ1) is 16.4. The Kier molecular flexibility index (Phi) is 5.88. The second-order valence-corrected chi connectivity index (χ2v) is 7.43. The highest BCUT2D eigenvalue weighted by atomic mass is 19.4. The third kappa shape index (κ3) is 4.49. The molecule has 0 radical (unpaired) electrons. The topological polar surface area (TPSA) is 103 Å². The van der Waals surface area contributed by atoms with E-state index in [1.165, 1.54) is 18.3 Å². The van der Waals surface area contributed by atoms with Crippen molar-refractivity contribution in [1.29, 1.82) is 0 Å². The van der Waals surface area contributed by atoms with Gasteiger partial charge in [0, 0.05) is 28.5 Å². The maximum atomic E-state index is 13.1. The van der Waals surface area contributed by atoms with Crippen LogP contribution in [0.2, 0.25) is 0 Å². The van der Waals surface area contributed by atoms with Crippen molar-refractivity contribution in [2.24, 2.45) is 0 Å². The summed E-state index contributed by atoms with van der Waals surface area (Å²) in [7, 11) is 0. The molecule has 7 nitrogen and oxygen atoms in total. The van der Waals surface area contributed by atoms with E-state index in [4.69, 9.17) is 0 Å². The molecule has 0 fully saturated rings. The van der Waals surface area contributed by atoms with Crippen molar-refractivity contribution >= 4 is 34.0 Å². The van der Waals surface area contributed by atoms with E-state index in [-0.39, 0.29) is 17.1 Å². The Morgan fingerprint density at radius 2 is 1.57 bits per heavy atom. The number of hydrogen-bond donors (Lipinski definition) is 4. The van der Waals surface area contributed by atoms with Crippen molar-refractivity contribution in [2.45, 2.75) is 18.0 Å². The molecular weight excluding hydrogens is 480 g/mol. The number of amides is 1. The second-order valence-electron chi connectivity index (χ2n) is 7.43. The van der Waals surface area contributed by atoms with Gasteiger partial charge >= 0.3 is 12.4 Å². The maximum Gasteiger partial charge on any atom is 0.430 e. The number of fused-ring (bicyclic) bond motifs is 1. The molecule has 35 heavy (non-hydrogen) atoms. The summed E-state index contributed by atoms with van der Waals surface area (Å²) in [4.78, 5) is 16.9. The van der Waals surface area contributed by atoms with Crippen molar-refractivity contribution in [3.63, 3.8) is 0 Å². The Bertz CT molecular complexity index is 1350. The molecule has 4 aromatic rings. The number of H-pyrrole nitrogens is 1. The Balaban J connectivity index is 1.56. The number of hydrogen-bond acceptors (Lipinski definition) is 5. The van der Waals surface area contributed by atoms with Crippen LogP contribution in [0.15, 0.2) is 67.0 Å². The molecule has 0 atom stereocenters. The van der Waals surface area contributed by atoms with Crippen LogP contribution >= 0.6 is 0 Å². The highest BCUT2D eigenvalue weighted by Crippen LogP contribution is 2.50. The number of anilines is 3. The SMILES string of the molecule is O=C(Nc1ccc(C(O)(C(F)(F)F)C(F)(F)F)cc1)c1cccnc1Nc1ccc2cn[nH]c2c1. The first-order valence-electron chi connectivity index (χ1n) is 9.83. The van der Waals surface area contributed by atoms with Gasteiger partial charge in [-0.1, -0.05) is 12.1 Å². The predicted molar refractivity (Wildman–Crippen MR) is 114 cm³/mol. The molecule has 0 aliphatic rings. The minimum absolute atomic E-state index is 0.0587. The molecule has 0 bridgehead atoms. The number of carbonyl (C=O) groups is 1. The van der Waals surface area contributed by atoms with Gasteiger partial charge in [-0.15, -0.1) is 0 Å². The zero-order valence-corrected chi connectivity index (χ0v) is 17.4. The molecule has 0 aliphatic heterocycles. The van der Waals surface area contributed by atoms with Gasteiger partial charge in [0.15, 0.2) is 0 Å². The predicted octanol–water partition coefficient (Wildman–Crippen LogP) is 5.27. The lowest BCUT2D eigenvalue weighted by Gasteiger charge is -2.32. The summed E-state index contributed by atoms with van der Waals surface area (Å²) in [5, 5.41) is 22.4. The number of alkyl halides is 6. The molecule has 1 amide bonds. The highest BCUT2D eigenvalue weighted by molar-refractivity contribution is 6.07. The zero-order chi connectivity index (χ0) is 25.4. The van der Waals surface area contributed by atoms with Crippen LogP contribution in [-0.2, 0) is 5.60 Å². The average molecular weight is 495 g/mol. The summed E-state index contributed by atoms with van der Waals surface area (Å²) in [6.45, 7) is 0. The van der Waals surface area contributed by atoms with Crippen LogP contribution in [0.4, 0.5) is 43.5 Å². The molecule has 4 N–H and O–H groups in total. The van der Waals surface area contributed by atoms with E-state index >= 15 is 0 Å². The number of nitrogens with zero attached hydrogens (tertiary/aromatic N) is 2. The Labute approximate surface area is 192 Å². The van der Waals surface area contributed by atoms with Gasteiger partial charge in [0.05, 0.1) is 17.3 Å². The molecule has 0 saturated heterocycles. The normalized spacial score (nSPS) is 12.5. The van der Waals surface area contributed by atoms with Gasteiger partial charge in [-0.25, -0.2) is 4.98 Å². The fourth-order valence-corrected chi connectivity index (χ4v) is 3.32. The molecule has 2 aromatic heterocycles. The number of aromatic amines is 1. The van der Waals surface area contributed by atoms with E-state index in [1.54, 1.807) is 24.4 Å². The van der Waals surface area contributed by atoms with E-state index in [0.717, 1.165) is 23.0 Å². The summed E-state index contributed by atoms with van der Waals surface area (Å²) in [6, 6.07) is 10.7. The molecule has 2 aromatic carbocycles. The molecule has 0 spiro atoms. The van der Waals surface area contributed by atoms with Gasteiger partial charge in [0.25, 0.3) is 11.5 Å². The largest absolute Gasteiger partial charge is 0.430 e. The Morgan fingerprint density at radius 1 is 0.914 bits per heavy atom. The molecule has 2 heterocycles. The minimum atomic E-state index is -6.01. The smallest absolute Gasteiger partial charge is 0.369 e.